The molecule has 4 heterocycles. The second kappa shape index (κ2) is 6.62. The summed E-state index contributed by atoms with van der Waals surface area (Å²) in [4.78, 5) is 19.1. The van der Waals surface area contributed by atoms with Crippen molar-refractivity contribution in [2.24, 2.45) is 0 Å². The van der Waals surface area contributed by atoms with Gasteiger partial charge < -0.3 is 13.7 Å². The van der Waals surface area contributed by atoms with Gasteiger partial charge in [0.2, 0.25) is 5.89 Å². The lowest BCUT2D eigenvalue weighted by molar-refractivity contribution is 0.0706. The van der Waals surface area contributed by atoms with Crippen molar-refractivity contribution in [3.8, 4) is 11.7 Å². The van der Waals surface area contributed by atoms with Crippen LogP contribution < -0.4 is 0 Å². The topological polar surface area (TPSA) is 85.3 Å². The van der Waals surface area contributed by atoms with Crippen LogP contribution in [-0.4, -0.2) is 39.1 Å². The van der Waals surface area contributed by atoms with Crippen molar-refractivity contribution >= 4 is 27.5 Å². The summed E-state index contributed by atoms with van der Waals surface area (Å²) in [6, 6.07) is 11.4. The largest absolute Gasteiger partial charge is 0.459 e. The van der Waals surface area contributed by atoms with Crippen LogP contribution in [0.4, 0.5) is 0 Å². The van der Waals surface area contributed by atoms with E-state index in [1.54, 1.807) is 18.4 Å². The summed E-state index contributed by atoms with van der Waals surface area (Å²) in [7, 11) is 0. The van der Waals surface area contributed by atoms with Crippen LogP contribution in [-0.2, 0) is 0 Å². The van der Waals surface area contributed by atoms with Crippen LogP contribution in [0.2, 0.25) is 0 Å². The zero-order valence-electron chi connectivity index (χ0n) is 14.4. The van der Waals surface area contributed by atoms with Gasteiger partial charge >= 0.3 is 0 Å². The molecule has 4 aromatic rings. The average molecular weight is 380 g/mol. The van der Waals surface area contributed by atoms with E-state index in [0.717, 1.165) is 23.1 Å². The number of furan rings is 1. The van der Waals surface area contributed by atoms with E-state index in [9.17, 15) is 4.79 Å². The van der Waals surface area contributed by atoms with Crippen LogP contribution >= 0.6 is 11.3 Å². The number of nitrogens with zero attached hydrogens (tertiary/aromatic N) is 4. The lowest BCUT2D eigenvalue weighted by Crippen LogP contribution is -2.37. The van der Waals surface area contributed by atoms with E-state index in [-0.39, 0.29) is 11.8 Å². The van der Waals surface area contributed by atoms with Crippen molar-refractivity contribution in [2.45, 2.75) is 18.8 Å². The average Bonchev–Trinajstić information content (AvgIpc) is 3.47. The highest BCUT2D eigenvalue weighted by Crippen LogP contribution is 2.31. The lowest BCUT2D eigenvalue weighted by Gasteiger charge is -2.29. The Balaban J connectivity index is 1.26. The van der Waals surface area contributed by atoms with E-state index in [4.69, 9.17) is 8.83 Å². The summed E-state index contributed by atoms with van der Waals surface area (Å²) < 4.78 is 12.1. The number of thiazole rings is 1. The van der Waals surface area contributed by atoms with Gasteiger partial charge in [-0.2, -0.15) is 0 Å². The SMILES string of the molecule is O=C(c1nc2ccccc2s1)N1CCC(c2nnc(-c3ccco3)o2)CC1. The number of para-hydroxylation sites is 1. The number of benzene rings is 1. The van der Waals surface area contributed by atoms with E-state index in [0.29, 0.717) is 35.6 Å². The summed E-state index contributed by atoms with van der Waals surface area (Å²) in [5, 5.41) is 8.77. The molecule has 7 nitrogen and oxygen atoms in total. The number of amides is 1. The predicted molar refractivity (Wildman–Crippen MR) is 99.5 cm³/mol. The first-order valence-corrected chi connectivity index (χ1v) is 9.62. The Morgan fingerprint density at radius 2 is 1.96 bits per heavy atom. The first kappa shape index (κ1) is 16.2. The molecule has 0 saturated carbocycles. The van der Waals surface area contributed by atoms with Gasteiger partial charge in [-0.15, -0.1) is 21.5 Å². The molecule has 0 spiro atoms. The highest BCUT2D eigenvalue weighted by Gasteiger charge is 2.29. The molecule has 0 N–H and O–H groups in total. The molecule has 27 heavy (non-hydrogen) atoms. The van der Waals surface area contributed by atoms with E-state index in [1.165, 1.54) is 11.3 Å². The molecule has 1 aliphatic rings. The molecule has 8 heteroatoms. The molecule has 1 aromatic carbocycles. The number of carbonyl (C=O) groups is 1. The standard InChI is InChI=1S/C19H16N4O3S/c24-19(18-20-13-4-1-2-6-15(13)27-18)23-9-7-12(8-10-23)16-21-22-17(26-16)14-5-3-11-25-14/h1-6,11-12H,7-10H2. The summed E-state index contributed by atoms with van der Waals surface area (Å²) in [5.41, 5.74) is 0.872. The fourth-order valence-electron chi connectivity index (χ4n) is 3.33. The van der Waals surface area contributed by atoms with Crippen LogP contribution in [0, 0.1) is 0 Å². The molecule has 0 bridgehead atoms. The number of aromatic nitrogens is 3. The second-order valence-corrected chi connectivity index (χ2v) is 7.51. The molecule has 1 fully saturated rings. The van der Waals surface area contributed by atoms with Gasteiger partial charge in [0.05, 0.1) is 16.5 Å². The number of likely N-dealkylation sites (tertiary alicyclic amines) is 1. The van der Waals surface area contributed by atoms with Gasteiger partial charge in [-0.25, -0.2) is 4.98 Å². The molecule has 3 aromatic heterocycles. The molecule has 1 saturated heterocycles. The van der Waals surface area contributed by atoms with E-state index in [2.05, 4.69) is 15.2 Å². The Morgan fingerprint density at radius 1 is 1.11 bits per heavy atom. The molecule has 1 amide bonds. The zero-order chi connectivity index (χ0) is 18.2. The maximum Gasteiger partial charge on any atom is 0.283 e. The number of hydrogen-bond acceptors (Lipinski definition) is 7. The number of rotatable bonds is 3. The number of hydrogen-bond donors (Lipinski definition) is 0. The van der Waals surface area contributed by atoms with Crippen LogP contribution in [0.5, 0.6) is 0 Å². The Morgan fingerprint density at radius 3 is 2.74 bits per heavy atom. The van der Waals surface area contributed by atoms with Gasteiger partial charge in [0.1, 0.15) is 0 Å². The highest BCUT2D eigenvalue weighted by atomic mass is 32.1. The fourth-order valence-corrected chi connectivity index (χ4v) is 4.26. The molecule has 0 aliphatic carbocycles. The zero-order valence-corrected chi connectivity index (χ0v) is 15.2. The third-order valence-corrected chi connectivity index (χ3v) is 5.81. The van der Waals surface area contributed by atoms with Crippen molar-refractivity contribution in [1.29, 1.82) is 0 Å². The van der Waals surface area contributed by atoms with Gasteiger partial charge in [0, 0.05) is 19.0 Å². The molecule has 0 unspecified atom stereocenters. The van der Waals surface area contributed by atoms with E-state index >= 15 is 0 Å². The summed E-state index contributed by atoms with van der Waals surface area (Å²) in [5.74, 6) is 1.71. The highest BCUT2D eigenvalue weighted by molar-refractivity contribution is 7.20. The van der Waals surface area contributed by atoms with Gasteiger partial charge in [-0.3, -0.25) is 4.79 Å². The monoisotopic (exact) mass is 380 g/mol. The number of carbonyl (C=O) groups excluding carboxylic acids is 1. The smallest absolute Gasteiger partial charge is 0.283 e. The van der Waals surface area contributed by atoms with E-state index in [1.807, 2.05) is 29.2 Å². The van der Waals surface area contributed by atoms with Crippen molar-refractivity contribution in [2.75, 3.05) is 13.1 Å². The quantitative estimate of drug-likeness (QED) is 0.535. The number of piperidine rings is 1. The Bertz CT molecular complexity index is 1040. The molecular weight excluding hydrogens is 364 g/mol. The van der Waals surface area contributed by atoms with Crippen LogP contribution in [0.15, 0.2) is 51.5 Å². The Hall–Kier alpha value is -3.00. The maximum absolute atomic E-state index is 12.8. The van der Waals surface area contributed by atoms with Crippen molar-refractivity contribution in [1.82, 2.24) is 20.1 Å². The van der Waals surface area contributed by atoms with Crippen LogP contribution in [0.3, 0.4) is 0 Å². The van der Waals surface area contributed by atoms with Gasteiger partial charge in [0.15, 0.2) is 10.8 Å². The molecule has 0 radical (unpaired) electrons. The lowest BCUT2D eigenvalue weighted by atomic mass is 9.97. The van der Waals surface area contributed by atoms with Crippen LogP contribution in [0.1, 0.15) is 34.5 Å². The third kappa shape index (κ3) is 3.02. The minimum Gasteiger partial charge on any atom is -0.459 e. The molecule has 0 atom stereocenters. The molecular formula is C19H16N4O3S. The first-order chi connectivity index (χ1) is 13.3. The summed E-state index contributed by atoms with van der Waals surface area (Å²) >= 11 is 1.44. The maximum atomic E-state index is 12.8. The van der Waals surface area contributed by atoms with Gasteiger partial charge in [-0.1, -0.05) is 12.1 Å². The van der Waals surface area contributed by atoms with Gasteiger partial charge in [-0.05, 0) is 37.1 Å². The van der Waals surface area contributed by atoms with Crippen molar-refractivity contribution in [3.05, 3.63) is 53.6 Å². The normalized spacial score (nSPS) is 15.5. The molecule has 5 rings (SSSR count). The number of fused-ring (bicyclic) bond motifs is 1. The minimum atomic E-state index is -0.00328. The molecule has 136 valence electrons. The Labute approximate surface area is 158 Å². The van der Waals surface area contributed by atoms with Gasteiger partial charge in [0.25, 0.3) is 11.8 Å². The fraction of sp³-hybridized carbons (Fsp3) is 0.263. The van der Waals surface area contributed by atoms with Crippen molar-refractivity contribution in [3.63, 3.8) is 0 Å². The third-order valence-electron chi connectivity index (χ3n) is 4.78. The summed E-state index contributed by atoms with van der Waals surface area (Å²) in [6.45, 7) is 1.30. The molecule has 1 aliphatic heterocycles. The van der Waals surface area contributed by atoms with Crippen molar-refractivity contribution < 1.29 is 13.6 Å². The van der Waals surface area contributed by atoms with E-state index < -0.39 is 0 Å². The summed E-state index contributed by atoms with van der Waals surface area (Å²) in [6.07, 6.45) is 3.15. The minimum absolute atomic E-state index is 0.00328. The van der Waals surface area contributed by atoms with Crippen LogP contribution in [0.25, 0.3) is 21.9 Å². The first-order valence-electron chi connectivity index (χ1n) is 8.80. The second-order valence-electron chi connectivity index (χ2n) is 6.48. The Kier molecular flexibility index (Phi) is 3.97. The predicted octanol–water partition coefficient (Wildman–Crippen LogP) is 3.96.